The van der Waals surface area contributed by atoms with Crippen molar-refractivity contribution < 1.29 is 0 Å². The Morgan fingerprint density at radius 3 is 1.32 bits per heavy atom. The van der Waals surface area contributed by atoms with E-state index in [-0.39, 0.29) is 0 Å². The van der Waals surface area contributed by atoms with E-state index in [1.54, 1.807) is 0 Å². The summed E-state index contributed by atoms with van der Waals surface area (Å²) in [7, 11) is 0. The molecular weight excluding hydrogens is 685 g/mol. The summed E-state index contributed by atoms with van der Waals surface area (Å²) in [5.41, 5.74) is 15.5. The summed E-state index contributed by atoms with van der Waals surface area (Å²) in [4.78, 5) is 0. The molecule has 0 bridgehead atoms. The van der Waals surface area contributed by atoms with E-state index in [0.717, 1.165) is 0 Å². The van der Waals surface area contributed by atoms with E-state index in [9.17, 15) is 0 Å². The van der Waals surface area contributed by atoms with Gasteiger partial charge in [0.25, 0.3) is 0 Å². The summed E-state index contributed by atoms with van der Waals surface area (Å²) in [5.74, 6) is 0. The highest BCUT2D eigenvalue weighted by molar-refractivity contribution is 6.22. The molecule has 0 heterocycles. The number of hydrogen-bond acceptors (Lipinski definition) is 0. The average Bonchev–Trinajstić information content (AvgIpc) is 3.74. The van der Waals surface area contributed by atoms with Crippen LogP contribution in [0.25, 0.3) is 98.4 Å². The van der Waals surface area contributed by atoms with Crippen LogP contribution >= 0.6 is 0 Å². The van der Waals surface area contributed by atoms with Crippen molar-refractivity contribution in [3.8, 4) is 44.5 Å². The molecule has 57 heavy (non-hydrogen) atoms. The van der Waals surface area contributed by atoms with E-state index < -0.39 is 5.41 Å². The molecular formula is C57H34. The Kier molecular flexibility index (Phi) is 6.19. The highest BCUT2D eigenvalue weighted by Gasteiger charge is 2.52. The molecule has 2 aliphatic rings. The minimum Gasteiger partial charge on any atom is -0.0619 e. The first kappa shape index (κ1) is 31.0. The van der Waals surface area contributed by atoms with E-state index in [0.29, 0.717) is 0 Å². The standard InChI is InChI=1S/C57H34/c1-2-15-37-31-39(27-25-35(37)13-1)54-45-19-5-7-21-47(45)55(48-22-8-6-20-46(48)54)40-28-26-38-33-49-53(34-41(38)32-40)57(52-30-29-36-14-3-4-16-42(36)56(49)52)50-23-11-9-17-43(50)44-18-10-12-24-51(44)57/h1-34H. The molecule has 0 saturated heterocycles. The molecule has 262 valence electrons. The minimum absolute atomic E-state index is 0.410. The smallest absolute Gasteiger partial charge is 0.0619 e. The van der Waals surface area contributed by atoms with Crippen LogP contribution in [0.2, 0.25) is 0 Å². The van der Waals surface area contributed by atoms with Gasteiger partial charge in [-0.1, -0.05) is 182 Å². The Bertz CT molecular complexity index is 3430. The third-order valence-electron chi connectivity index (χ3n) is 13.2. The number of benzene rings is 11. The molecule has 0 unspecified atom stereocenters. The lowest BCUT2D eigenvalue weighted by molar-refractivity contribution is 0.795. The first-order valence-corrected chi connectivity index (χ1v) is 20.0. The molecule has 13 rings (SSSR count). The zero-order valence-corrected chi connectivity index (χ0v) is 31.1. The molecule has 0 fully saturated rings. The number of fused-ring (bicyclic) bond motifs is 16. The number of hydrogen-bond donors (Lipinski definition) is 0. The summed E-state index contributed by atoms with van der Waals surface area (Å²) in [6.45, 7) is 0. The Morgan fingerprint density at radius 1 is 0.228 bits per heavy atom. The third-order valence-corrected chi connectivity index (χ3v) is 13.2. The molecule has 1 spiro atoms. The normalized spacial score (nSPS) is 13.4. The van der Waals surface area contributed by atoms with Gasteiger partial charge in [-0.2, -0.15) is 0 Å². The molecule has 0 N–H and O–H groups in total. The first-order chi connectivity index (χ1) is 28.3. The molecule has 0 atom stereocenters. The molecule has 11 aromatic rings. The van der Waals surface area contributed by atoms with Crippen LogP contribution in [0, 0.1) is 0 Å². The molecule has 11 aromatic carbocycles. The maximum Gasteiger partial charge on any atom is 0.0725 e. The third kappa shape index (κ3) is 4.07. The van der Waals surface area contributed by atoms with Crippen molar-refractivity contribution in [3.05, 3.63) is 229 Å². The lowest BCUT2D eigenvalue weighted by Crippen LogP contribution is -2.25. The summed E-state index contributed by atoms with van der Waals surface area (Å²) in [6.07, 6.45) is 0. The van der Waals surface area contributed by atoms with Gasteiger partial charge < -0.3 is 0 Å². The second-order valence-electron chi connectivity index (χ2n) is 15.9. The van der Waals surface area contributed by atoms with Gasteiger partial charge in [-0.3, -0.25) is 0 Å². The number of rotatable bonds is 2. The van der Waals surface area contributed by atoms with Crippen LogP contribution in [0.3, 0.4) is 0 Å². The van der Waals surface area contributed by atoms with Gasteiger partial charge in [0, 0.05) is 0 Å². The largest absolute Gasteiger partial charge is 0.0725 e. The zero-order valence-electron chi connectivity index (χ0n) is 31.1. The van der Waals surface area contributed by atoms with Crippen molar-refractivity contribution in [2.24, 2.45) is 0 Å². The monoisotopic (exact) mass is 718 g/mol. The van der Waals surface area contributed by atoms with Crippen molar-refractivity contribution >= 4 is 53.9 Å². The highest BCUT2D eigenvalue weighted by Crippen LogP contribution is 2.64. The summed E-state index contributed by atoms with van der Waals surface area (Å²) >= 11 is 0. The van der Waals surface area contributed by atoms with Crippen LogP contribution in [0.5, 0.6) is 0 Å². The molecule has 0 aromatic heterocycles. The van der Waals surface area contributed by atoms with E-state index in [1.807, 2.05) is 0 Å². The molecule has 0 heteroatoms. The Labute approximate surface area is 330 Å². The second-order valence-corrected chi connectivity index (χ2v) is 15.9. The van der Waals surface area contributed by atoms with Crippen LogP contribution in [-0.4, -0.2) is 0 Å². The maximum absolute atomic E-state index is 2.54. The van der Waals surface area contributed by atoms with E-state index in [1.165, 1.54) is 121 Å². The summed E-state index contributed by atoms with van der Waals surface area (Å²) < 4.78 is 0. The van der Waals surface area contributed by atoms with Crippen LogP contribution in [-0.2, 0) is 5.41 Å². The summed E-state index contributed by atoms with van der Waals surface area (Å²) in [6, 6.07) is 77.7. The van der Waals surface area contributed by atoms with Crippen molar-refractivity contribution in [2.45, 2.75) is 5.41 Å². The fourth-order valence-corrected chi connectivity index (χ4v) is 10.9. The van der Waals surface area contributed by atoms with Crippen molar-refractivity contribution in [1.82, 2.24) is 0 Å². The molecule has 0 amide bonds. The molecule has 0 radical (unpaired) electrons. The predicted octanol–water partition coefficient (Wildman–Crippen LogP) is 15.1. The average molecular weight is 719 g/mol. The van der Waals surface area contributed by atoms with E-state index >= 15 is 0 Å². The predicted molar refractivity (Wildman–Crippen MR) is 241 cm³/mol. The fourth-order valence-electron chi connectivity index (χ4n) is 10.9. The van der Waals surface area contributed by atoms with Gasteiger partial charge in [-0.15, -0.1) is 0 Å². The summed E-state index contributed by atoms with van der Waals surface area (Å²) in [5, 5.41) is 12.7. The van der Waals surface area contributed by atoms with Crippen LogP contribution in [0.1, 0.15) is 22.3 Å². The van der Waals surface area contributed by atoms with Gasteiger partial charge in [-0.05, 0) is 145 Å². The molecule has 0 aliphatic heterocycles. The fraction of sp³-hybridized carbons (Fsp3) is 0.0175. The highest BCUT2D eigenvalue weighted by atomic mass is 14.5. The van der Waals surface area contributed by atoms with Crippen LogP contribution < -0.4 is 0 Å². The molecule has 0 saturated carbocycles. The van der Waals surface area contributed by atoms with Crippen LogP contribution in [0.4, 0.5) is 0 Å². The first-order valence-electron chi connectivity index (χ1n) is 20.0. The SMILES string of the molecule is c1ccc2c(c1)-c1ccccc1C21c2cc3cc(-c4c5ccccc5c(-c5ccc6ccccc6c5)c5ccccc45)ccc3cc2-c2c1ccc1ccccc21. The lowest BCUT2D eigenvalue weighted by atomic mass is 9.70. The quantitative estimate of drug-likeness (QED) is 0.156. The molecule has 2 aliphatic carbocycles. The molecule has 0 nitrogen and oxygen atoms in total. The minimum atomic E-state index is -0.410. The van der Waals surface area contributed by atoms with E-state index in [2.05, 4.69) is 206 Å². The van der Waals surface area contributed by atoms with Crippen molar-refractivity contribution in [2.75, 3.05) is 0 Å². The zero-order chi connectivity index (χ0) is 37.2. The van der Waals surface area contributed by atoms with Gasteiger partial charge in [0.15, 0.2) is 0 Å². The Balaban J connectivity index is 1.10. The Morgan fingerprint density at radius 2 is 0.684 bits per heavy atom. The maximum atomic E-state index is 2.54. The van der Waals surface area contributed by atoms with Gasteiger partial charge in [0.1, 0.15) is 0 Å². The van der Waals surface area contributed by atoms with Crippen LogP contribution in [0.15, 0.2) is 206 Å². The van der Waals surface area contributed by atoms with Gasteiger partial charge in [0.2, 0.25) is 0 Å². The topological polar surface area (TPSA) is 0 Å². The second kappa shape index (κ2) is 11.4. The van der Waals surface area contributed by atoms with E-state index in [4.69, 9.17) is 0 Å². The van der Waals surface area contributed by atoms with Gasteiger partial charge >= 0.3 is 0 Å². The van der Waals surface area contributed by atoms with Crippen molar-refractivity contribution in [1.29, 1.82) is 0 Å². The van der Waals surface area contributed by atoms with Crippen molar-refractivity contribution in [3.63, 3.8) is 0 Å². The Hall–Kier alpha value is -7.28. The van der Waals surface area contributed by atoms with Gasteiger partial charge in [-0.25, -0.2) is 0 Å². The lowest BCUT2D eigenvalue weighted by Gasteiger charge is -2.30. The van der Waals surface area contributed by atoms with Gasteiger partial charge in [0.05, 0.1) is 5.41 Å².